The van der Waals surface area contributed by atoms with E-state index >= 15 is 0 Å². The van der Waals surface area contributed by atoms with Crippen LogP contribution in [0.5, 0.6) is 0 Å². The van der Waals surface area contributed by atoms with E-state index in [2.05, 4.69) is 0 Å². The molecule has 0 atom stereocenters. The van der Waals surface area contributed by atoms with Crippen molar-refractivity contribution in [1.29, 1.82) is 0 Å². The molecule has 0 fully saturated rings. The molecule has 0 unspecified atom stereocenters. The summed E-state index contributed by atoms with van der Waals surface area (Å²) >= 11 is 0. The Bertz CT molecular complexity index is 1680. The standard InChI is InChI=1S/C28H16F2N2O/c29-19-13-9-17(10-14-19)25-21-5-1-3-7-23(21)31-32-24-8-4-2-6-22(24)26(27(25)32)28(33)18-11-15-20(30)16-12-18/h1-16H. The van der Waals surface area contributed by atoms with E-state index in [4.69, 9.17) is 5.10 Å². The minimum Gasteiger partial charge on any atom is -0.289 e. The average Bonchev–Trinajstić information content (AvgIpc) is 3.17. The quantitative estimate of drug-likeness (QED) is 0.287. The highest BCUT2D eigenvalue weighted by Crippen LogP contribution is 2.39. The molecule has 5 heteroatoms. The summed E-state index contributed by atoms with van der Waals surface area (Å²) in [5, 5.41) is 6.45. The van der Waals surface area contributed by atoms with Crippen LogP contribution in [0.15, 0.2) is 97.1 Å². The molecule has 4 aromatic carbocycles. The molecular weight excluding hydrogens is 418 g/mol. The van der Waals surface area contributed by atoms with Gasteiger partial charge in [0.25, 0.3) is 0 Å². The van der Waals surface area contributed by atoms with E-state index in [1.807, 2.05) is 48.5 Å². The van der Waals surface area contributed by atoms with E-state index in [0.29, 0.717) is 16.6 Å². The second-order valence-electron chi connectivity index (χ2n) is 7.89. The largest absolute Gasteiger partial charge is 0.289 e. The fourth-order valence-electron chi connectivity index (χ4n) is 4.45. The van der Waals surface area contributed by atoms with Crippen LogP contribution in [-0.2, 0) is 0 Å². The van der Waals surface area contributed by atoms with Crippen LogP contribution < -0.4 is 0 Å². The van der Waals surface area contributed by atoms with Crippen LogP contribution >= 0.6 is 0 Å². The number of carbonyl (C=O) groups excluding carboxylic acids is 1. The lowest BCUT2D eigenvalue weighted by Gasteiger charge is -2.12. The SMILES string of the molecule is O=C(c1ccc(F)cc1)c1c2ccccc2n2nc3ccccc3c(-c3ccc(F)cc3)c12. The first-order valence-electron chi connectivity index (χ1n) is 10.5. The first kappa shape index (κ1) is 19.3. The Morgan fingerprint density at radius 2 is 1.30 bits per heavy atom. The number of para-hydroxylation sites is 1. The van der Waals surface area contributed by atoms with Gasteiger partial charge in [0.1, 0.15) is 11.6 Å². The lowest BCUT2D eigenvalue weighted by atomic mass is 9.95. The van der Waals surface area contributed by atoms with Gasteiger partial charge in [0.2, 0.25) is 0 Å². The van der Waals surface area contributed by atoms with Gasteiger partial charge in [-0.1, -0.05) is 48.5 Å². The number of benzene rings is 4. The lowest BCUT2D eigenvalue weighted by Crippen LogP contribution is -2.04. The van der Waals surface area contributed by atoms with Crippen LogP contribution in [0.25, 0.3) is 38.4 Å². The Hall–Kier alpha value is -4.38. The van der Waals surface area contributed by atoms with Gasteiger partial charge in [0, 0.05) is 21.9 Å². The summed E-state index contributed by atoms with van der Waals surface area (Å²) in [5.41, 5.74) is 4.61. The Labute approximate surface area is 187 Å². The predicted octanol–water partition coefficient (Wildman–Crippen LogP) is 6.82. The van der Waals surface area contributed by atoms with Crippen molar-refractivity contribution < 1.29 is 13.6 Å². The molecule has 0 aliphatic carbocycles. The maximum absolute atomic E-state index is 13.8. The molecule has 0 bridgehead atoms. The molecule has 2 aromatic heterocycles. The number of rotatable bonds is 3. The molecule has 33 heavy (non-hydrogen) atoms. The van der Waals surface area contributed by atoms with Crippen molar-refractivity contribution in [2.24, 2.45) is 0 Å². The van der Waals surface area contributed by atoms with E-state index < -0.39 is 5.82 Å². The fourth-order valence-corrected chi connectivity index (χ4v) is 4.45. The van der Waals surface area contributed by atoms with Crippen LogP contribution in [0.1, 0.15) is 15.9 Å². The molecule has 0 radical (unpaired) electrons. The van der Waals surface area contributed by atoms with Gasteiger partial charge in [0.15, 0.2) is 5.78 Å². The van der Waals surface area contributed by atoms with Crippen LogP contribution in [0.2, 0.25) is 0 Å². The summed E-state index contributed by atoms with van der Waals surface area (Å²) in [6.45, 7) is 0. The smallest absolute Gasteiger partial charge is 0.195 e. The Morgan fingerprint density at radius 1 is 0.697 bits per heavy atom. The number of hydrogen-bond acceptors (Lipinski definition) is 2. The Balaban J connectivity index is 1.81. The fraction of sp³-hybridized carbons (Fsp3) is 0. The van der Waals surface area contributed by atoms with Gasteiger partial charge in [-0.15, -0.1) is 0 Å². The zero-order chi connectivity index (χ0) is 22.5. The van der Waals surface area contributed by atoms with Crippen molar-refractivity contribution in [2.75, 3.05) is 0 Å². The highest BCUT2D eigenvalue weighted by molar-refractivity contribution is 6.24. The summed E-state index contributed by atoms with van der Waals surface area (Å²) in [4.78, 5) is 13.8. The maximum Gasteiger partial charge on any atom is 0.195 e. The summed E-state index contributed by atoms with van der Waals surface area (Å²) in [7, 11) is 0. The second-order valence-corrected chi connectivity index (χ2v) is 7.89. The number of aromatic nitrogens is 2. The molecular formula is C28H16F2N2O. The van der Waals surface area contributed by atoms with Gasteiger partial charge in [-0.3, -0.25) is 4.79 Å². The van der Waals surface area contributed by atoms with Crippen molar-refractivity contribution in [3.63, 3.8) is 0 Å². The van der Waals surface area contributed by atoms with E-state index in [1.54, 1.807) is 16.6 Å². The van der Waals surface area contributed by atoms with Crippen LogP contribution in [0.4, 0.5) is 8.78 Å². The van der Waals surface area contributed by atoms with Crippen molar-refractivity contribution in [3.05, 3.63) is 120 Å². The van der Waals surface area contributed by atoms with Gasteiger partial charge >= 0.3 is 0 Å². The van der Waals surface area contributed by atoms with Gasteiger partial charge in [-0.25, -0.2) is 13.3 Å². The third kappa shape index (κ3) is 3.01. The number of hydrogen-bond donors (Lipinski definition) is 0. The Morgan fingerprint density at radius 3 is 2.03 bits per heavy atom. The van der Waals surface area contributed by atoms with E-state index in [-0.39, 0.29) is 11.6 Å². The molecule has 0 aliphatic heterocycles. The van der Waals surface area contributed by atoms with Crippen molar-refractivity contribution in [1.82, 2.24) is 9.61 Å². The minimum atomic E-state index is -0.405. The first-order valence-corrected chi connectivity index (χ1v) is 10.5. The minimum absolute atomic E-state index is 0.228. The van der Waals surface area contributed by atoms with Gasteiger partial charge in [0.05, 0.1) is 22.1 Å². The normalized spacial score (nSPS) is 11.5. The number of fused-ring (bicyclic) bond motifs is 4. The topological polar surface area (TPSA) is 34.4 Å². The molecule has 6 rings (SSSR count). The maximum atomic E-state index is 13.8. The molecule has 0 saturated carbocycles. The average molecular weight is 434 g/mol. The van der Waals surface area contributed by atoms with E-state index in [9.17, 15) is 13.6 Å². The molecule has 0 saturated heterocycles. The first-order chi connectivity index (χ1) is 16.1. The van der Waals surface area contributed by atoms with Crippen molar-refractivity contribution >= 4 is 33.1 Å². The van der Waals surface area contributed by atoms with E-state index in [0.717, 1.165) is 32.9 Å². The predicted molar refractivity (Wildman–Crippen MR) is 125 cm³/mol. The summed E-state index contributed by atoms with van der Waals surface area (Å²) in [5.74, 6) is -0.969. The highest BCUT2D eigenvalue weighted by Gasteiger charge is 2.25. The molecule has 0 aliphatic rings. The number of carbonyl (C=O) groups is 1. The molecule has 0 N–H and O–H groups in total. The van der Waals surface area contributed by atoms with Gasteiger partial charge < -0.3 is 0 Å². The van der Waals surface area contributed by atoms with Crippen molar-refractivity contribution in [3.8, 4) is 11.1 Å². The third-order valence-electron chi connectivity index (χ3n) is 5.93. The molecule has 0 amide bonds. The van der Waals surface area contributed by atoms with Gasteiger partial charge in [-0.2, -0.15) is 5.10 Å². The van der Waals surface area contributed by atoms with E-state index in [1.165, 1.54) is 36.4 Å². The molecule has 3 nitrogen and oxygen atoms in total. The highest BCUT2D eigenvalue weighted by atomic mass is 19.1. The summed E-state index contributed by atoms with van der Waals surface area (Å²) in [6, 6.07) is 27.0. The van der Waals surface area contributed by atoms with Crippen molar-refractivity contribution in [2.45, 2.75) is 0 Å². The Kier molecular flexibility index (Phi) is 4.30. The number of ketones is 1. The number of halogens is 2. The molecule has 0 spiro atoms. The molecule has 6 aromatic rings. The lowest BCUT2D eigenvalue weighted by molar-refractivity contribution is 0.104. The monoisotopic (exact) mass is 434 g/mol. The zero-order valence-electron chi connectivity index (χ0n) is 17.3. The second kappa shape index (κ2) is 7.35. The van der Waals surface area contributed by atoms with Crippen LogP contribution in [0.3, 0.4) is 0 Å². The summed E-state index contributed by atoms with van der Waals surface area (Å²) < 4.78 is 29.1. The molecule has 158 valence electrons. The number of nitrogens with zero attached hydrogens (tertiary/aromatic N) is 2. The zero-order valence-corrected chi connectivity index (χ0v) is 17.3. The summed E-state index contributed by atoms with van der Waals surface area (Å²) in [6.07, 6.45) is 0. The molecule has 2 heterocycles. The van der Waals surface area contributed by atoms with Crippen LogP contribution in [-0.4, -0.2) is 15.4 Å². The van der Waals surface area contributed by atoms with Crippen LogP contribution in [0, 0.1) is 11.6 Å². The van der Waals surface area contributed by atoms with Gasteiger partial charge in [-0.05, 0) is 54.1 Å². The third-order valence-corrected chi connectivity index (χ3v) is 5.93.